The highest BCUT2D eigenvalue weighted by molar-refractivity contribution is 5.74. The monoisotopic (exact) mass is 269 g/mol. The summed E-state index contributed by atoms with van der Waals surface area (Å²) in [6.45, 7) is 3.26. The van der Waals surface area contributed by atoms with E-state index in [4.69, 9.17) is 9.47 Å². The van der Waals surface area contributed by atoms with Crippen molar-refractivity contribution >= 4 is 12.1 Å². The molecule has 0 aliphatic heterocycles. The summed E-state index contributed by atoms with van der Waals surface area (Å²) < 4.78 is 23.3. The van der Waals surface area contributed by atoms with Gasteiger partial charge in [-0.3, -0.25) is 4.79 Å². The Balaban J connectivity index is 2.69. The van der Waals surface area contributed by atoms with Crippen molar-refractivity contribution in [3.8, 4) is 5.75 Å². The molecule has 6 heteroatoms. The fraction of sp³-hybridized carbons (Fsp3) is 0.385. The van der Waals surface area contributed by atoms with Crippen molar-refractivity contribution in [3.05, 3.63) is 29.6 Å². The molecule has 1 rings (SSSR count). The Morgan fingerprint density at radius 2 is 2.05 bits per heavy atom. The van der Waals surface area contributed by atoms with Crippen molar-refractivity contribution in [2.45, 2.75) is 20.5 Å². The van der Waals surface area contributed by atoms with Crippen LogP contribution >= 0.6 is 0 Å². The Kier molecular flexibility index (Phi) is 5.29. The Morgan fingerprint density at radius 1 is 1.37 bits per heavy atom. The van der Waals surface area contributed by atoms with E-state index in [9.17, 15) is 14.0 Å². The van der Waals surface area contributed by atoms with Crippen LogP contribution in [0.5, 0.6) is 5.75 Å². The zero-order chi connectivity index (χ0) is 14.4. The number of rotatable bonds is 4. The molecule has 5 nitrogen and oxygen atoms in total. The van der Waals surface area contributed by atoms with E-state index in [-0.39, 0.29) is 18.3 Å². The summed E-state index contributed by atoms with van der Waals surface area (Å²) >= 11 is 0. The zero-order valence-electron chi connectivity index (χ0n) is 11.0. The largest absolute Gasteiger partial charge is 0.445 e. The molecule has 1 aromatic rings. The molecule has 0 atom stereocenters. The second kappa shape index (κ2) is 6.72. The highest BCUT2D eigenvalue weighted by Crippen LogP contribution is 2.20. The molecule has 0 aromatic heterocycles. The lowest BCUT2D eigenvalue weighted by Crippen LogP contribution is -2.19. The smallest absolute Gasteiger partial charge is 0.407 e. The van der Waals surface area contributed by atoms with E-state index < -0.39 is 17.9 Å². The third-order valence-electron chi connectivity index (χ3n) is 2.25. The van der Waals surface area contributed by atoms with Crippen LogP contribution in [-0.4, -0.2) is 19.1 Å². The summed E-state index contributed by atoms with van der Waals surface area (Å²) in [5.74, 6) is -1.65. The number of ether oxygens (including phenoxy) is 2. The van der Waals surface area contributed by atoms with Gasteiger partial charge in [-0.25, -0.2) is 9.18 Å². The number of carbonyl (C=O) groups excluding carboxylic acids is 2. The Bertz CT molecular complexity index is 474. The third-order valence-corrected chi connectivity index (χ3v) is 2.25. The maximum Gasteiger partial charge on any atom is 0.407 e. The van der Waals surface area contributed by atoms with Gasteiger partial charge in [-0.05, 0) is 17.7 Å². The molecule has 19 heavy (non-hydrogen) atoms. The molecule has 0 heterocycles. The van der Waals surface area contributed by atoms with Crippen LogP contribution in [0.3, 0.4) is 0 Å². The van der Waals surface area contributed by atoms with Gasteiger partial charge in [-0.2, -0.15) is 0 Å². The van der Waals surface area contributed by atoms with Crippen LogP contribution in [-0.2, 0) is 16.1 Å². The average Bonchev–Trinajstić information content (AvgIpc) is 2.38. The second-order valence-electron chi connectivity index (χ2n) is 4.17. The summed E-state index contributed by atoms with van der Waals surface area (Å²) in [5.41, 5.74) is 0.463. The number of hydrogen-bond acceptors (Lipinski definition) is 4. The Hall–Kier alpha value is -2.11. The van der Waals surface area contributed by atoms with E-state index >= 15 is 0 Å². The molecule has 0 saturated carbocycles. The highest BCUT2D eigenvalue weighted by Gasteiger charge is 2.13. The lowest BCUT2D eigenvalue weighted by molar-refractivity contribution is -0.137. The van der Waals surface area contributed by atoms with Gasteiger partial charge in [0.25, 0.3) is 0 Å². The summed E-state index contributed by atoms with van der Waals surface area (Å²) in [7, 11) is 1.43. The van der Waals surface area contributed by atoms with Gasteiger partial charge in [0.2, 0.25) is 0 Å². The predicted octanol–water partition coefficient (Wildman–Crippen LogP) is 2.24. The number of nitrogens with one attached hydrogen (secondary N) is 1. The number of esters is 1. The minimum Gasteiger partial charge on any atom is -0.445 e. The SMILES string of the molecule is CNC(=O)OCc1ccc(OC(=O)C(C)C)c(F)c1. The number of benzene rings is 1. The van der Waals surface area contributed by atoms with Crippen molar-refractivity contribution in [1.82, 2.24) is 5.32 Å². The summed E-state index contributed by atoms with van der Waals surface area (Å²) in [4.78, 5) is 22.2. The predicted molar refractivity (Wildman–Crippen MR) is 66.1 cm³/mol. The molecule has 0 unspecified atom stereocenters. The first-order valence-electron chi connectivity index (χ1n) is 5.78. The number of alkyl carbamates (subject to hydrolysis) is 1. The topological polar surface area (TPSA) is 64.6 Å². The average molecular weight is 269 g/mol. The molecule has 104 valence electrons. The number of hydrogen-bond donors (Lipinski definition) is 1. The molecular weight excluding hydrogens is 253 g/mol. The van der Waals surface area contributed by atoms with Gasteiger partial charge >= 0.3 is 12.1 Å². The van der Waals surface area contributed by atoms with Crippen LogP contribution in [0.15, 0.2) is 18.2 Å². The molecule has 0 aliphatic rings. The Labute approximate surface area is 110 Å². The van der Waals surface area contributed by atoms with Gasteiger partial charge < -0.3 is 14.8 Å². The van der Waals surface area contributed by atoms with Gasteiger partial charge in [0.05, 0.1) is 5.92 Å². The van der Waals surface area contributed by atoms with Crippen molar-refractivity contribution in [2.75, 3.05) is 7.05 Å². The van der Waals surface area contributed by atoms with E-state index in [0.717, 1.165) is 6.07 Å². The zero-order valence-corrected chi connectivity index (χ0v) is 11.0. The minimum atomic E-state index is -0.674. The number of carbonyl (C=O) groups is 2. The first kappa shape index (κ1) is 14.9. The fourth-order valence-electron chi connectivity index (χ4n) is 1.16. The van der Waals surface area contributed by atoms with Gasteiger partial charge in [0.15, 0.2) is 11.6 Å². The molecule has 0 bridgehead atoms. The third kappa shape index (κ3) is 4.57. The maximum absolute atomic E-state index is 13.6. The second-order valence-corrected chi connectivity index (χ2v) is 4.17. The van der Waals surface area contributed by atoms with Crippen LogP contribution in [0.25, 0.3) is 0 Å². The van der Waals surface area contributed by atoms with Crippen LogP contribution < -0.4 is 10.1 Å². The molecule has 0 saturated heterocycles. The molecule has 1 amide bonds. The highest BCUT2D eigenvalue weighted by atomic mass is 19.1. The van der Waals surface area contributed by atoms with Crippen molar-refractivity contribution < 1.29 is 23.5 Å². The number of amides is 1. The normalized spacial score (nSPS) is 10.2. The molecule has 0 radical (unpaired) electrons. The molecule has 1 aromatic carbocycles. The minimum absolute atomic E-state index is 0.0605. The first-order chi connectivity index (χ1) is 8.93. The van der Waals surface area contributed by atoms with Crippen LogP contribution in [0.1, 0.15) is 19.4 Å². The van der Waals surface area contributed by atoms with Crippen molar-refractivity contribution in [2.24, 2.45) is 5.92 Å². The van der Waals surface area contributed by atoms with Gasteiger partial charge in [0, 0.05) is 7.05 Å². The van der Waals surface area contributed by atoms with Gasteiger partial charge in [-0.1, -0.05) is 19.9 Å². The summed E-state index contributed by atoms with van der Waals surface area (Å²) in [6.07, 6.45) is -0.601. The molecular formula is C13H16FNO4. The molecule has 1 N–H and O–H groups in total. The Morgan fingerprint density at radius 3 is 2.58 bits per heavy atom. The van der Waals surface area contributed by atoms with E-state index in [1.165, 1.54) is 19.2 Å². The molecule has 0 fully saturated rings. The fourth-order valence-corrected chi connectivity index (χ4v) is 1.16. The van der Waals surface area contributed by atoms with Crippen LogP contribution in [0.4, 0.5) is 9.18 Å². The number of halogens is 1. The van der Waals surface area contributed by atoms with Crippen LogP contribution in [0, 0.1) is 11.7 Å². The quantitative estimate of drug-likeness (QED) is 0.672. The van der Waals surface area contributed by atoms with E-state index in [1.54, 1.807) is 13.8 Å². The first-order valence-corrected chi connectivity index (χ1v) is 5.78. The van der Waals surface area contributed by atoms with E-state index in [2.05, 4.69) is 5.32 Å². The van der Waals surface area contributed by atoms with E-state index in [1.807, 2.05) is 0 Å². The lowest BCUT2D eigenvalue weighted by atomic mass is 10.2. The molecule has 0 aliphatic carbocycles. The lowest BCUT2D eigenvalue weighted by Gasteiger charge is -2.09. The van der Waals surface area contributed by atoms with Crippen molar-refractivity contribution in [1.29, 1.82) is 0 Å². The van der Waals surface area contributed by atoms with E-state index in [0.29, 0.717) is 5.56 Å². The van der Waals surface area contributed by atoms with Crippen molar-refractivity contribution in [3.63, 3.8) is 0 Å². The summed E-state index contributed by atoms with van der Waals surface area (Å²) in [6, 6.07) is 4.01. The van der Waals surface area contributed by atoms with Crippen LogP contribution in [0.2, 0.25) is 0 Å². The standard InChI is InChI=1S/C13H16FNO4/c1-8(2)12(16)19-11-5-4-9(6-10(11)14)7-18-13(17)15-3/h4-6,8H,7H2,1-3H3,(H,15,17). The summed E-state index contributed by atoms with van der Waals surface area (Å²) in [5, 5.41) is 2.28. The van der Waals surface area contributed by atoms with Gasteiger partial charge in [-0.15, -0.1) is 0 Å². The van der Waals surface area contributed by atoms with Gasteiger partial charge in [0.1, 0.15) is 6.61 Å². The maximum atomic E-state index is 13.6. The molecule has 0 spiro atoms.